The minimum absolute atomic E-state index is 0.0262. The number of nitrogens with zero attached hydrogens (tertiary/aromatic N) is 2. The lowest BCUT2D eigenvalue weighted by atomic mass is 10.2. The number of pyridine rings is 1. The van der Waals surface area contributed by atoms with E-state index in [1.54, 1.807) is 24.3 Å². The fraction of sp³-hybridized carbons (Fsp3) is 0.417. The average Bonchev–Trinajstić information content (AvgIpc) is 2.39. The van der Waals surface area contributed by atoms with Gasteiger partial charge in [0.1, 0.15) is 5.88 Å². The van der Waals surface area contributed by atoms with Crippen molar-refractivity contribution in [2.45, 2.75) is 13.0 Å². The molecule has 98 valence electrons. The Morgan fingerprint density at radius 1 is 1.39 bits per heavy atom. The van der Waals surface area contributed by atoms with Crippen LogP contribution in [-0.4, -0.2) is 41.2 Å². The number of amides is 2. The predicted octanol–water partition coefficient (Wildman–Crippen LogP) is 0.785. The molecule has 1 N–H and O–H groups in total. The molecular formula is C12H16ClN3O2. The smallest absolute Gasteiger partial charge is 0.234 e. The van der Waals surface area contributed by atoms with E-state index in [0.717, 1.165) is 5.56 Å². The molecule has 0 bridgehead atoms. The highest BCUT2D eigenvalue weighted by atomic mass is 35.5. The topological polar surface area (TPSA) is 62.3 Å². The van der Waals surface area contributed by atoms with E-state index < -0.39 is 0 Å². The molecule has 1 aromatic rings. The summed E-state index contributed by atoms with van der Waals surface area (Å²) in [4.78, 5) is 28.1. The van der Waals surface area contributed by atoms with Crippen LogP contribution in [0.1, 0.15) is 12.0 Å². The monoisotopic (exact) mass is 269 g/mol. The lowest BCUT2D eigenvalue weighted by Crippen LogP contribution is -2.32. The maximum Gasteiger partial charge on any atom is 0.234 e. The van der Waals surface area contributed by atoms with Crippen LogP contribution in [0.5, 0.6) is 0 Å². The van der Waals surface area contributed by atoms with E-state index in [4.69, 9.17) is 11.6 Å². The minimum Gasteiger partial charge on any atom is -0.355 e. The Bertz CT molecular complexity index is 398. The zero-order valence-corrected chi connectivity index (χ0v) is 11.0. The maximum absolute atomic E-state index is 11.7. The number of alkyl halides is 1. The molecule has 18 heavy (non-hydrogen) atoms. The summed E-state index contributed by atoms with van der Waals surface area (Å²) in [5.74, 6) is -0.371. The molecule has 0 saturated heterocycles. The highest BCUT2D eigenvalue weighted by Crippen LogP contribution is 2.02. The number of hydrogen-bond donors (Lipinski definition) is 1. The van der Waals surface area contributed by atoms with Crippen LogP contribution in [0.15, 0.2) is 24.5 Å². The van der Waals surface area contributed by atoms with E-state index in [0.29, 0.717) is 13.1 Å². The maximum atomic E-state index is 11.7. The molecule has 0 aliphatic carbocycles. The molecule has 0 aliphatic rings. The van der Waals surface area contributed by atoms with E-state index in [1.165, 1.54) is 0 Å². The zero-order valence-electron chi connectivity index (χ0n) is 10.2. The quantitative estimate of drug-likeness (QED) is 0.777. The van der Waals surface area contributed by atoms with Gasteiger partial charge in [0.15, 0.2) is 0 Å². The van der Waals surface area contributed by atoms with Gasteiger partial charge in [0.2, 0.25) is 11.8 Å². The van der Waals surface area contributed by atoms with Crippen molar-refractivity contribution in [1.82, 2.24) is 15.2 Å². The molecule has 0 saturated carbocycles. The van der Waals surface area contributed by atoms with Gasteiger partial charge in [-0.25, -0.2) is 0 Å². The van der Waals surface area contributed by atoms with Gasteiger partial charge in [0, 0.05) is 39.0 Å². The highest BCUT2D eigenvalue weighted by molar-refractivity contribution is 6.27. The lowest BCUT2D eigenvalue weighted by Gasteiger charge is -2.17. The van der Waals surface area contributed by atoms with Gasteiger partial charge < -0.3 is 10.2 Å². The largest absolute Gasteiger partial charge is 0.355 e. The normalized spacial score (nSPS) is 9.89. The van der Waals surface area contributed by atoms with Gasteiger partial charge in [-0.15, -0.1) is 11.6 Å². The van der Waals surface area contributed by atoms with Gasteiger partial charge in [0.05, 0.1) is 0 Å². The van der Waals surface area contributed by atoms with E-state index >= 15 is 0 Å². The molecule has 1 aromatic heterocycles. The summed E-state index contributed by atoms with van der Waals surface area (Å²) in [5.41, 5.74) is 1.02. The van der Waals surface area contributed by atoms with Gasteiger partial charge in [-0.3, -0.25) is 14.6 Å². The number of halogens is 1. The van der Waals surface area contributed by atoms with Crippen LogP contribution in [0.25, 0.3) is 0 Å². The van der Waals surface area contributed by atoms with Crippen LogP contribution in [0.4, 0.5) is 0 Å². The Morgan fingerprint density at radius 3 is 2.67 bits per heavy atom. The molecule has 0 spiro atoms. The van der Waals surface area contributed by atoms with Gasteiger partial charge in [-0.05, 0) is 17.7 Å². The summed E-state index contributed by atoms with van der Waals surface area (Å²) in [6, 6.07) is 3.72. The molecule has 6 heteroatoms. The Labute approximate surface area is 111 Å². The van der Waals surface area contributed by atoms with Crippen LogP contribution in [0.2, 0.25) is 0 Å². The fourth-order valence-corrected chi connectivity index (χ4v) is 1.49. The number of nitrogens with one attached hydrogen (secondary N) is 1. The standard InChI is InChI=1S/C12H16ClN3O2/c1-16(9-10-2-5-14-6-3-10)12(18)4-7-15-11(17)8-13/h2-3,5-6H,4,7-9H2,1H3,(H,15,17). The first kappa shape index (κ1) is 14.4. The van der Waals surface area contributed by atoms with E-state index in [-0.39, 0.29) is 24.1 Å². The second-order valence-corrected chi connectivity index (χ2v) is 4.11. The summed E-state index contributed by atoms with van der Waals surface area (Å²) in [5, 5.41) is 2.55. The van der Waals surface area contributed by atoms with Crippen molar-refractivity contribution in [3.8, 4) is 0 Å². The molecule has 0 aromatic carbocycles. The zero-order chi connectivity index (χ0) is 13.4. The van der Waals surface area contributed by atoms with Crippen LogP contribution >= 0.6 is 11.6 Å². The summed E-state index contributed by atoms with van der Waals surface area (Å²) in [7, 11) is 1.73. The molecule has 0 aliphatic heterocycles. The summed E-state index contributed by atoms with van der Waals surface area (Å²) in [6.07, 6.45) is 3.65. The van der Waals surface area contributed by atoms with Crippen LogP contribution in [0.3, 0.4) is 0 Å². The third-order valence-corrected chi connectivity index (χ3v) is 2.62. The van der Waals surface area contributed by atoms with Crippen LogP contribution in [0, 0.1) is 0 Å². The first-order valence-corrected chi connectivity index (χ1v) is 6.12. The first-order chi connectivity index (χ1) is 8.63. The number of aromatic nitrogens is 1. The molecule has 1 heterocycles. The van der Waals surface area contributed by atoms with Crippen molar-refractivity contribution in [1.29, 1.82) is 0 Å². The van der Waals surface area contributed by atoms with Crippen molar-refractivity contribution in [3.63, 3.8) is 0 Å². The summed E-state index contributed by atoms with van der Waals surface area (Å²) < 4.78 is 0. The van der Waals surface area contributed by atoms with Crippen molar-refractivity contribution < 1.29 is 9.59 Å². The Morgan fingerprint density at radius 2 is 2.06 bits per heavy atom. The average molecular weight is 270 g/mol. The predicted molar refractivity (Wildman–Crippen MR) is 69.1 cm³/mol. The van der Waals surface area contributed by atoms with Crippen molar-refractivity contribution in [2.75, 3.05) is 19.5 Å². The second-order valence-electron chi connectivity index (χ2n) is 3.84. The van der Waals surface area contributed by atoms with Gasteiger partial charge in [-0.1, -0.05) is 0 Å². The molecule has 0 atom stereocenters. The SMILES string of the molecule is CN(Cc1ccncc1)C(=O)CCNC(=O)CCl. The van der Waals surface area contributed by atoms with Gasteiger partial charge in [0.25, 0.3) is 0 Å². The molecule has 1 rings (SSSR count). The Kier molecular flexibility index (Phi) is 6.14. The molecule has 0 fully saturated rings. The molecule has 0 unspecified atom stereocenters. The van der Waals surface area contributed by atoms with Crippen molar-refractivity contribution in [3.05, 3.63) is 30.1 Å². The molecular weight excluding hydrogens is 254 g/mol. The third-order valence-electron chi connectivity index (χ3n) is 2.38. The van der Waals surface area contributed by atoms with Crippen LogP contribution < -0.4 is 5.32 Å². The van der Waals surface area contributed by atoms with Gasteiger partial charge in [-0.2, -0.15) is 0 Å². The number of carbonyl (C=O) groups excluding carboxylic acids is 2. The van der Waals surface area contributed by atoms with Crippen molar-refractivity contribution in [2.24, 2.45) is 0 Å². The number of rotatable bonds is 6. The summed E-state index contributed by atoms with van der Waals surface area (Å²) in [6.45, 7) is 0.843. The minimum atomic E-state index is -0.263. The van der Waals surface area contributed by atoms with Crippen molar-refractivity contribution >= 4 is 23.4 Å². The lowest BCUT2D eigenvalue weighted by molar-refractivity contribution is -0.130. The highest BCUT2D eigenvalue weighted by Gasteiger charge is 2.09. The summed E-state index contributed by atoms with van der Waals surface area (Å²) >= 11 is 5.32. The molecule has 5 nitrogen and oxygen atoms in total. The molecule has 0 radical (unpaired) electrons. The molecule has 2 amide bonds. The first-order valence-electron chi connectivity index (χ1n) is 5.59. The number of carbonyl (C=O) groups is 2. The Balaban J connectivity index is 2.31. The van der Waals surface area contributed by atoms with E-state index in [1.807, 2.05) is 12.1 Å². The number of hydrogen-bond acceptors (Lipinski definition) is 3. The second kappa shape index (κ2) is 7.66. The fourth-order valence-electron chi connectivity index (χ4n) is 1.40. The third kappa shape index (κ3) is 5.14. The van der Waals surface area contributed by atoms with E-state index in [9.17, 15) is 9.59 Å². The van der Waals surface area contributed by atoms with E-state index in [2.05, 4.69) is 10.3 Å². The van der Waals surface area contributed by atoms with Gasteiger partial charge >= 0.3 is 0 Å². The Hall–Kier alpha value is -1.62. The van der Waals surface area contributed by atoms with Crippen LogP contribution in [-0.2, 0) is 16.1 Å².